The van der Waals surface area contributed by atoms with E-state index in [0.717, 1.165) is 0 Å². The second-order valence-electron chi connectivity index (χ2n) is 5.79. The molecule has 1 aromatic carbocycles. The molecule has 0 bridgehead atoms. The maximum absolute atomic E-state index is 12.5. The molecule has 0 unspecified atom stereocenters. The van der Waals surface area contributed by atoms with Gasteiger partial charge in [0.05, 0.1) is 6.04 Å². The highest BCUT2D eigenvalue weighted by atomic mass is 35.5. The summed E-state index contributed by atoms with van der Waals surface area (Å²) in [6.07, 6.45) is 0. The average molecular weight is 337 g/mol. The minimum absolute atomic E-state index is 0. The average Bonchev–Trinajstić information content (AvgIpc) is 2.51. The van der Waals surface area contributed by atoms with E-state index in [0.29, 0.717) is 22.3 Å². The SMILES string of the molecule is CC1=C(CNC(=O)[C@H](N)C(C)C)C(=O)c2ccccc2C1=O.Cl. The third-order valence-corrected chi connectivity index (χ3v) is 3.94. The van der Waals surface area contributed by atoms with E-state index in [1.807, 2.05) is 13.8 Å². The van der Waals surface area contributed by atoms with Crippen molar-refractivity contribution in [2.75, 3.05) is 6.54 Å². The summed E-state index contributed by atoms with van der Waals surface area (Å²) in [6.45, 7) is 5.32. The van der Waals surface area contributed by atoms with Crippen LogP contribution in [-0.4, -0.2) is 30.1 Å². The zero-order valence-electron chi connectivity index (χ0n) is 13.4. The van der Waals surface area contributed by atoms with Crippen molar-refractivity contribution in [3.63, 3.8) is 0 Å². The van der Waals surface area contributed by atoms with Crippen LogP contribution in [0.3, 0.4) is 0 Å². The number of carbonyl (C=O) groups excluding carboxylic acids is 3. The Hall–Kier alpha value is -1.98. The minimum atomic E-state index is -0.636. The van der Waals surface area contributed by atoms with Crippen molar-refractivity contribution in [2.24, 2.45) is 11.7 Å². The first-order valence-corrected chi connectivity index (χ1v) is 7.26. The molecule has 1 amide bonds. The van der Waals surface area contributed by atoms with Crippen LogP contribution in [0.2, 0.25) is 0 Å². The first-order chi connectivity index (χ1) is 10.3. The standard InChI is InChI=1S/C17H20N2O3.ClH/c1-9(2)14(18)17(22)19-8-13-10(3)15(20)11-6-4-5-7-12(11)16(13)21;/h4-7,9,14H,8,18H2,1-3H3,(H,19,22);1H/t14-;/m1./s1. The summed E-state index contributed by atoms with van der Waals surface area (Å²) in [6, 6.07) is 6.08. The van der Waals surface area contributed by atoms with E-state index in [1.165, 1.54) is 0 Å². The molecule has 0 aromatic heterocycles. The monoisotopic (exact) mass is 336 g/mol. The molecule has 2 rings (SSSR count). The summed E-state index contributed by atoms with van der Waals surface area (Å²) in [7, 11) is 0. The summed E-state index contributed by atoms with van der Waals surface area (Å²) in [5.41, 5.74) is 7.27. The van der Waals surface area contributed by atoms with Gasteiger partial charge >= 0.3 is 0 Å². The molecule has 5 nitrogen and oxygen atoms in total. The number of halogens is 1. The number of fused-ring (bicyclic) bond motifs is 1. The summed E-state index contributed by atoms with van der Waals surface area (Å²) in [5, 5.41) is 2.65. The van der Waals surface area contributed by atoms with Gasteiger partial charge in [0.1, 0.15) is 0 Å². The van der Waals surface area contributed by atoms with E-state index in [2.05, 4.69) is 5.32 Å². The number of nitrogens with one attached hydrogen (secondary N) is 1. The van der Waals surface area contributed by atoms with Crippen LogP contribution in [0, 0.1) is 5.92 Å². The predicted molar refractivity (Wildman–Crippen MR) is 90.9 cm³/mol. The van der Waals surface area contributed by atoms with Gasteiger partial charge in [0, 0.05) is 28.8 Å². The topological polar surface area (TPSA) is 89.3 Å². The molecule has 0 fully saturated rings. The Bertz CT molecular complexity index is 680. The van der Waals surface area contributed by atoms with Gasteiger partial charge in [0.25, 0.3) is 0 Å². The lowest BCUT2D eigenvalue weighted by Crippen LogP contribution is -2.45. The largest absolute Gasteiger partial charge is 0.351 e. The first-order valence-electron chi connectivity index (χ1n) is 7.26. The number of ketones is 2. The first kappa shape index (κ1) is 19.1. The van der Waals surface area contributed by atoms with Crippen molar-refractivity contribution in [3.05, 3.63) is 46.5 Å². The normalized spacial score (nSPS) is 15.2. The lowest BCUT2D eigenvalue weighted by atomic mass is 9.84. The van der Waals surface area contributed by atoms with E-state index in [-0.39, 0.29) is 42.3 Å². The number of amides is 1. The van der Waals surface area contributed by atoms with Crippen LogP contribution in [-0.2, 0) is 4.79 Å². The van der Waals surface area contributed by atoms with Crippen molar-refractivity contribution in [1.82, 2.24) is 5.32 Å². The fourth-order valence-corrected chi connectivity index (χ4v) is 2.36. The Morgan fingerprint density at radius 3 is 2.17 bits per heavy atom. The minimum Gasteiger partial charge on any atom is -0.351 e. The number of hydrogen-bond acceptors (Lipinski definition) is 4. The van der Waals surface area contributed by atoms with Crippen molar-refractivity contribution in [3.8, 4) is 0 Å². The molecule has 1 aromatic rings. The van der Waals surface area contributed by atoms with E-state index in [4.69, 9.17) is 5.73 Å². The zero-order valence-corrected chi connectivity index (χ0v) is 14.2. The van der Waals surface area contributed by atoms with Crippen molar-refractivity contribution >= 4 is 29.9 Å². The highest BCUT2D eigenvalue weighted by molar-refractivity contribution is 6.26. The maximum Gasteiger partial charge on any atom is 0.237 e. The Labute approximate surface area is 141 Å². The van der Waals surface area contributed by atoms with Crippen LogP contribution in [0.5, 0.6) is 0 Å². The van der Waals surface area contributed by atoms with Gasteiger partial charge in [-0.3, -0.25) is 14.4 Å². The molecule has 1 atom stereocenters. The summed E-state index contributed by atoms with van der Waals surface area (Å²) in [4.78, 5) is 36.7. The molecule has 23 heavy (non-hydrogen) atoms. The Morgan fingerprint density at radius 1 is 1.13 bits per heavy atom. The molecule has 124 valence electrons. The van der Waals surface area contributed by atoms with Crippen molar-refractivity contribution < 1.29 is 14.4 Å². The van der Waals surface area contributed by atoms with Gasteiger partial charge in [-0.05, 0) is 12.8 Å². The molecular formula is C17H21ClN2O3. The van der Waals surface area contributed by atoms with Crippen LogP contribution in [0.4, 0.5) is 0 Å². The molecule has 0 aliphatic heterocycles. The molecule has 3 N–H and O–H groups in total. The van der Waals surface area contributed by atoms with Crippen molar-refractivity contribution in [1.29, 1.82) is 0 Å². The number of hydrogen-bond donors (Lipinski definition) is 2. The summed E-state index contributed by atoms with van der Waals surface area (Å²) < 4.78 is 0. The molecule has 0 saturated carbocycles. The van der Waals surface area contributed by atoms with E-state index >= 15 is 0 Å². The Kier molecular flexibility index (Phi) is 6.24. The summed E-state index contributed by atoms with van der Waals surface area (Å²) in [5.74, 6) is -0.715. The number of Topliss-reactive ketones (excluding diaryl/α,β-unsaturated/α-hetero) is 2. The van der Waals surface area contributed by atoms with E-state index in [1.54, 1.807) is 31.2 Å². The molecule has 1 aliphatic carbocycles. The Balaban J connectivity index is 0.00000264. The van der Waals surface area contributed by atoms with Crippen LogP contribution in [0.25, 0.3) is 0 Å². The highest BCUT2D eigenvalue weighted by Crippen LogP contribution is 2.25. The third kappa shape index (κ3) is 3.68. The number of benzene rings is 1. The van der Waals surface area contributed by atoms with Gasteiger partial charge in [-0.2, -0.15) is 0 Å². The molecular weight excluding hydrogens is 316 g/mol. The van der Waals surface area contributed by atoms with Gasteiger partial charge in [-0.15, -0.1) is 12.4 Å². The number of carbonyl (C=O) groups is 3. The van der Waals surface area contributed by atoms with Gasteiger partial charge in [-0.25, -0.2) is 0 Å². The maximum atomic E-state index is 12.5. The number of rotatable bonds is 4. The zero-order chi connectivity index (χ0) is 16.4. The van der Waals surface area contributed by atoms with Gasteiger partial charge in [-0.1, -0.05) is 38.1 Å². The molecule has 6 heteroatoms. The predicted octanol–water partition coefficient (Wildman–Crippen LogP) is 1.90. The van der Waals surface area contributed by atoms with Crippen LogP contribution < -0.4 is 11.1 Å². The second kappa shape index (κ2) is 7.53. The van der Waals surface area contributed by atoms with Crippen LogP contribution in [0.15, 0.2) is 35.4 Å². The van der Waals surface area contributed by atoms with E-state index < -0.39 is 6.04 Å². The van der Waals surface area contributed by atoms with Gasteiger partial charge < -0.3 is 11.1 Å². The Morgan fingerprint density at radius 2 is 1.65 bits per heavy atom. The number of nitrogens with two attached hydrogens (primary N) is 1. The third-order valence-electron chi connectivity index (χ3n) is 3.94. The highest BCUT2D eigenvalue weighted by Gasteiger charge is 2.29. The smallest absolute Gasteiger partial charge is 0.237 e. The fraction of sp³-hybridized carbons (Fsp3) is 0.353. The lowest BCUT2D eigenvalue weighted by Gasteiger charge is -2.20. The van der Waals surface area contributed by atoms with Crippen LogP contribution >= 0.6 is 12.4 Å². The lowest BCUT2D eigenvalue weighted by molar-refractivity contribution is -0.123. The fourth-order valence-electron chi connectivity index (χ4n) is 2.36. The second-order valence-corrected chi connectivity index (χ2v) is 5.79. The van der Waals surface area contributed by atoms with Gasteiger partial charge in [0.15, 0.2) is 11.6 Å². The van der Waals surface area contributed by atoms with Crippen LogP contribution in [0.1, 0.15) is 41.5 Å². The molecule has 0 saturated heterocycles. The van der Waals surface area contributed by atoms with Gasteiger partial charge in [0.2, 0.25) is 5.91 Å². The van der Waals surface area contributed by atoms with E-state index in [9.17, 15) is 14.4 Å². The summed E-state index contributed by atoms with van der Waals surface area (Å²) >= 11 is 0. The van der Waals surface area contributed by atoms with Crippen molar-refractivity contribution in [2.45, 2.75) is 26.8 Å². The molecule has 1 aliphatic rings. The quantitative estimate of drug-likeness (QED) is 0.878. The molecule has 0 radical (unpaired) electrons. The molecule has 0 spiro atoms. The molecule has 0 heterocycles. The number of allylic oxidation sites excluding steroid dienone is 1.